The highest BCUT2D eigenvalue weighted by Gasteiger charge is 2.60. The highest BCUT2D eigenvalue weighted by Crippen LogP contribution is 2.65. The largest absolute Gasteiger partial charge is 0.496 e. The SMILES string of the molecule is COc1ccccc1C(=O)O[C@H]1CC[C@H]2[C@@H]3CCC4=CC(=O)CC[C@]4(C)[C@H]3CC[C@]12C. The van der Waals surface area contributed by atoms with Crippen molar-refractivity contribution in [3.8, 4) is 5.75 Å². The third kappa shape index (κ3) is 3.16. The lowest BCUT2D eigenvalue weighted by Gasteiger charge is -2.57. The van der Waals surface area contributed by atoms with Crippen molar-refractivity contribution in [3.05, 3.63) is 41.5 Å². The second-order valence-electron chi connectivity index (χ2n) is 10.7. The van der Waals surface area contributed by atoms with E-state index < -0.39 is 0 Å². The number of carbonyl (C=O) groups excluding carboxylic acids is 2. The smallest absolute Gasteiger partial charge is 0.342 e. The molecule has 3 saturated carbocycles. The van der Waals surface area contributed by atoms with Crippen LogP contribution in [0.4, 0.5) is 0 Å². The lowest BCUT2D eigenvalue weighted by molar-refractivity contribution is -0.118. The van der Waals surface area contributed by atoms with Crippen molar-refractivity contribution in [2.75, 3.05) is 7.11 Å². The first-order chi connectivity index (χ1) is 14.9. The van der Waals surface area contributed by atoms with Crippen molar-refractivity contribution in [1.29, 1.82) is 0 Å². The molecule has 6 atom stereocenters. The molecular formula is C27H34O4. The number of fused-ring (bicyclic) bond motifs is 5. The summed E-state index contributed by atoms with van der Waals surface area (Å²) in [4.78, 5) is 25.0. The summed E-state index contributed by atoms with van der Waals surface area (Å²) in [6.45, 7) is 4.78. The van der Waals surface area contributed by atoms with Gasteiger partial charge in [0.1, 0.15) is 17.4 Å². The van der Waals surface area contributed by atoms with Gasteiger partial charge in [-0.1, -0.05) is 31.6 Å². The maximum absolute atomic E-state index is 13.0. The van der Waals surface area contributed by atoms with Crippen molar-refractivity contribution < 1.29 is 19.1 Å². The van der Waals surface area contributed by atoms with E-state index in [0.717, 1.165) is 32.1 Å². The Morgan fingerprint density at radius 3 is 2.61 bits per heavy atom. The van der Waals surface area contributed by atoms with Crippen LogP contribution in [0.3, 0.4) is 0 Å². The molecule has 0 saturated heterocycles. The van der Waals surface area contributed by atoms with Crippen molar-refractivity contribution in [2.24, 2.45) is 28.6 Å². The first-order valence-corrected chi connectivity index (χ1v) is 11.9. The number of rotatable bonds is 3. The Bertz CT molecular complexity index is 933. The number of ether oxygens (including phenoxy) is 2. The molecule has 4 heteroatoms. The fourth-order valence-corrected chi connectivity index (χ4v) is 7.71. The van der Waals surface area contributed by atoms with Gasteiger partial charge in [0.05, 0.1) is 7.11 Å². The van der Waals surface area contributed by atoms with Crippen molar-refractivity contribution >= 4 is 11.8 Å². The van der Waals surface area contributed by atoms with E-state index in [2.05, 4.69) is 13.8 Å². The van der Waals surface area contributed by atoms with Crippen LogP contribution in [-0.4, -0.2) is 25.0 Å². The minimum absolute atomic E-state index is 0.0338. The summed E-state index contributed by atoms with van der Waals surface area (Å²) in [5.74, 6) is 2.54. The molecule has 1 aromatic carbocycles. The van der Waals surface area contributed by atoms with Crippen molar-refractivity contribution in [1.82, 2.24) is 0 Å². The average Bonchev–Trinajstić information content (AvgIpc) is 3.10. The van der Waals surface area contributed by atoms with Crippen LogP contribution in [0, 0.1) is 28.6 Å². The van der Waals surface area contributed by atoms with E-state index in [1.165, 1.54) is 18.4 Å². The van der Waals surface area contributed by atoms with Gasteiger partial charge in [-0.2, -0.15) is 0 Å². The topological polar surface area (TPSA) is 52.6 Å². The van der Waals surface area contributed by atoms with E-state index >= 15 is 0 Å². The van der Waals surface area contributed by atoms with E-state index in [-0.39, 0.29) is 22.9 Å². The summed E-state index contributed by atoms with van der Waals surface area (Å²) in [7, 11) is 1.59. The van der Waals surface area contributed by atoms with E-state index in [4.69, 9.17) is 9.47 Å². The number of para-hydroxylation sites is 1. The zero-order valence-corrected chi connectivity index (χ0v) is 19.0. The van der Waals surface area contributed by atoms with Gasteiger partial charge in [0.15, 0.2) is 5.78 Å². The van der Waals surface area contributed by atoms with E-state index in [1.807, 2.05) is 24.3 Å². The van der Waals surface area contributed by atoms with Crippen molar-refractivity contribution in [3.63, 3.8) is 0 Å². The molecule has 0 heterocycles. The summed E-state index contributed by atoms with van der Waals surface area (Å²) in [5.41, 5.74) is 2.15. The predicted molar refractivity (Wildman–Crippen MR) is 119 cm³/mol. The van der Waals surface area contributed by atoms with Crippen molar-refractivity contribution in [2.45, 2.75) is 71.3 Å². The molecule has 4 nitrogen and oxygen atoms in total. The van der Waals surface area contributed by atoms with Gasteiger partial charge < -0.3 is 9.47 Å². The summed E-state index contributed by atoms with van der Waals surface area (Å²) >= 11 is 0. The molecule has 0 radical (unpaired) electrons. The Morgan fingerprint density at radius 1 is 1.00 bits per heavy atom. The molecule has 5 rings (SSSR count). The normalized spacial score (nSPS) is 39.1. The molecule has 0 amide bonds. The Balaban J connectivity index is 1.36. The summed E-state index contributed by atoms with van der Waals surface area (Å²) in [6, 6.07) is 7.32. The number of methoxy groups -OCH3 is 1. The second-order valence-corrected chi connectivity index (χ2v) is 10.7. The predicted octanol–water partition coefficient (Wildman–Crippen LogP) is 5.75. The van der Waals surface area contributed by atoms with E-state index in [0.29, 0.717) is 41.3 Å². The standard InChI is InChI=1S/C27H34O4/c1-26-14-12-18(28)16-17(26)8-9-19-21-10-11-24(27(21,2)15-13-22(19)26)31-25(29)20-6-4-5-7-23(20)30-3/h4-7,16,19,21-22,24H,8-15H2,1-3H3/t19-,21-,22-,24-,26-,27-/m0/s1. The molecule has 31 heavy (non-hydrogen) atoms. The minimum Gasteiger partial charge on any atom is -0.496 e. The zero-order chi connectivity index (χ0) is 21.8. The molecule has 1 aromatic rings. The van der Waals surface area contributed by atoms with Crippen LogP contribution in [-0.2, 0) is 9.53 Å². The first kappa shape index (κ1) is 20.8. The summed E-state index contributed by atoms with van der Waals surface area (Å²) in [5, 5.41) is 0. The molecule has 0 bridgehead atoms. The highest BCUT2D eigenvalue weighted by atomic mass is 16.5. The minimum atomic E-state index is -0.266. The monoisotopic (exact) mass is 422 g/mol. The Morgan fingerprint density at radius 2 is 1.81 bits per heavy atom. The Hall–Kier alpha value is -2.10. The number of allylic oxidation sites excluding steroid dienone is 1. The van der Waals surface area contributed by atoms with Gasteiger partial charge in [-0.3, -0.25) is 4.79 Å². The molecule has 0 aromatic heterocycles. The number of hydrogen-bond donors (Lipinski definition) is 0. The van der Waals surface area contributed by atoms with Crippen LogP contribution in [0.5, 0.6) is 5.75 Å². The maximum Gasteiger partial charge on any atom is 0.342 e. The Labute approximate surface area is 185 Å². The van der Waals surface area contributed by atoms with E-state index in [1.54, 1.807) is 13.2 Å². The molecule has 0 unspecified atom stereocenters. The Kier molecular flexibility index (Phi) is 5.02. The van der Waals surface area contributed by atoms with Gasteiger partial charge in [0, 0.05) is 11.8 Å². The fourth-order valence-electron chi connectivity index (χ4n) is 7.71. The van der Waals surface area contributed by atoms with Crippen LogP contribution in [0.15, 0.2) is 35.9 Å². The number of ketones is 1. The van der Waals surface area contributed by atoms with E-state index in [9.17, 15) is 9.59 Å². The molecular weight excluding hydrogens is 388 g/mol. The number of esters is 1. The van der Waals surface area contributed by atoms with Gasteiger partial charge in [0.25, 0.3) is 0 Å². The molecule has 4 aliphatic carbocycles. The fraction of sp³-hybridized carbons (Fsp3) is 0.630. The number of hydrogen-bond acceptors (Lipinski definition) is 4. The van der Waals surface area contributed by atoms with Crippen LogP contribution >= 0.6 is 0 Å². The number of carbonyl (C=O) groups is 2. The van der Waals surface area contributed by atoms with Gasteiger partial charge in [-0.15, -0.1) is 0 Å². The molecule has 0 N–H and O–H groups in total. The first-order valence-electron chi connectivity index (χ1n) is 11.9. The van der Waals surface area contributed by atoms with Crippen LogP contribution in [0.1, 0.15) is 75.6 Å². The third-order valence-corrected chi connectivity index (χ3v) is 9.45. The van der Waals surface area contributed by atoms with Crippen LogP contribution in [0.2, 0.25) is 0 Å². The van der Waals surface area contributed by atoms with Gasteiger partial charge in [-0.25, -0.2) is 4.79 Å². The van der Waals surface area contributed by atoms with Gasteiger partial charge in [-0.05, 0) is 86.3 Å². The summed E-state index contributed by atoms with van der Waals surface area (Å²) < 4.78 is 11.5. The maximum atomic E-state index is 13.0. The van der Waals surface area contributed by atoms with Gasteiger partial charge >= 0.3 is 5.97 Å². The lowest BCUT2D eigenvalue weighted by atomic mass is 9.47. The zero-order valence-electron chi connectivity index (χ0n) is 19.0. The lowest BCUT2D eigenvalue weighted by Crippen LogP contribution is -2.51. The second kappa shape index (κ2) is 7.50. The molecule has 4 aliphatic rings. The molecule has 3 fully saturated rings. The van der Waals surface area contributed by atoms with Crippen LogP contribution in [0.25, 0.3) is 0 Å². The molecule has 166 valence electrons. The average molecular weight is 423 g/mol. The quantitative estimate of drug-likeness (QED) is 0.582. The highest BCUT2D eigenvalue weighted by molar-refractivity contribution is 5.92. The summed E-state index contributed by atoms with van der Waals surface area (Å²) in [6.07, 6.45) is 10.2. The molecule has 0 spiro atoms. The van der Waals surface area contributed by atoms with Crippen LogP contribution < -0.4 is 4.74 Å². The molecule has 0 aliphatic heterocycles. The third-order valence-electron chi connectivity index (χ3n) is 9.45. The number of benzene rings is 1. The van der Waals surface area contributed by atoms with Gasteiger partial charge in [0.2, 0.25) is 0 Å².